The van der Waals surface area contributed by atoms with Gasteiger partial charge in [-0.15, -0.1) is 0 Å². The van der Waals surface area contributed by atoms with Crippen molar-refractivity contribution in [3.05, 3.63) is 60.9 Å². The third-order valence-electron chi connectivity index (χ3n) is 6.29. The Morgan fingerprint density at radius 1 is 0.531 bits per heavy atom. The van der Waals surface area contributed by atoms with Crippen LogP contribution in [0.15, 0.2) is 60.9 Å². The second-order valence-corrected chi connectivity index (χ2v) is 8.16. The largest absolute Gasteiger partial charge is 0.506 e. The SMILES string of the molecule is Oc1ccccc1N1CCN(c2cc(N3CCN(c4ccccc4O)CC3)ncn2)CC1. The third-order valence-corrected chi connectivity index (χ3v) is 6.29. The molecule has 0 saturated carbocycles. The molecule has 2 aliphatic heterocycles. The van der Waals surface area contributed by atoms with Gasteiger partial charge < -0.3 is 29.8 Å². The van der Waals surface area contributed by atoms with E-state index in [0.717, 1.165) is 75.4 Å². The number of aromatic nitrogens is 2. The lowest BCUT2D eigenvalue weighted by molar-refractivity contribution is 0.472. The van der Waals surface area contributed by atoms with Gasteiger partial charge in [0.25, 0.3) is 0 Å². The average Bonchev–Trinajstić information content (AvgIpc) is 2.85. The number of anilines is 4. The number of para-hydroxylation sites is 4. The molecule has 0 spiro atoms. The molecule has 0 bridgehead atoms. The predicted octanol–water partition coefficient (Wildman–Crippen LogP) is 2.54. The Labute approximate surface area is 188 Å². The third kappa shape index (κ3) is 4.08. The van der Waals surface area contributed by atoms with Crippen LogP contribution >= 0.6 is 0 Å². The smallest absolute Gasteiger partial charge is 0.138 e. The van der Waals surface area contributed by atoms with Gasteiger partial charge in [0.05, 0.1) is 11.4 Å². The number of phenolic OH excluding ortho intramolecular Hbond substituents is 2. The molecule has 2 saturated heterocycles. The molecule has 0 aliphatic carbocycles. The van der Waals surface area contributed by atoms with E-state index in [-0.39, 0.29) is 0 Å². The molecule has 2 aromatic carbocycles. The van der Waals surface area contributed by atoms with Crippen LogP contribution < -0.4 is 19.6 Å². The highest BCUT2D eigenvalue weighted by Crippen LogP contribution is 2.30. The fraction of sp³-hybridized carbons (Fsp3) is 0.333. The minimum atomic E-state index is 0.327. The van der Waals surface area contributed by atoms with Gasteiger partial charge in [-0.05, 0) is 24.3 Å². The van der Waals surface area contributed by atoms with Crippen LogP contribution in [0.25, 0.3) is 0 Å². The summed E-state index contributed by atoms with van der Waals surface area (Å²) in [6, 6.07) is 17.1. The Balaban J connectivity index is 1.21. The minimum Gasteiger partial charge on any atom is -0.506 e. The number of aromatic hydroxyl groups is 2. The van der Waals surface area contributed by atoms with E-state index in [1.807, 2.05) is 36.4 Å². The lowest BCUT2D eigenvalue weighted by Gasteiger charge is -2.38. The number of phenols is 2. The van der Waals surface area contributed by atoms with Crippen molar-refractivity contribution in [2.75, 3.05) is 72.0 Å². The Morgan fingerprint density at radius 2 is 0.906 bits per heavy atom. The maximum Gasteiger partial charge on any atom is 0.138 e. The Bertz CT molecular complexity index is 981. The zero-order chi connectivity index (χ0) is 21.9. The van der Waals surface area contributed by atoms with Crippen molar-refractivity contribution >= 4 is 23.0 Å². The normalized spacial score (nSPS) is 17.0. The van der Waals surface area contributed by atoms with Gasteiger partial charge in [0.15, 0.2) is 0 Å². The van der Waals surface area contributed by atoms with Crippen molar-refractivity contribution in [2.45, 2.75) is 0 Å². The molecule has 2 N–H and O–H groups in total. The van der Waals surface area contributed by atoms with Gasteiger partial charge >= 0.3 is 0 Å². The molecule has 3 heterocycles. The van der Waals surface area contributed by atoms with Crippen LogP contribution in [0, 0.1) is 0 Å². The molecule has 0 amide bonds. The van der Waals surface area contributed by atoms with Gasteiger partial charge in [-0.1, -0.05) is 24.3 Å². The molecular weight excluding hydrogens is 404 g/mol. The quantitative estimate of drug-likeness (QED) is 0.651. The summed E-state index contributed by atoms with van der Waals surface area (Å²) in [6.07, 6.45) is 1.65. The zero-order valence-corrected chi connectivity index (χ0v) is 18.0. The highest BCUT2D eigenvalue weighted by molar-refractivity contribution is 5.60. The molecule has 5 rings (SSSR count). The fourth-order valence-corrected chi connectivity index (χ4v) is 4.50. The van der Waals surface area contributed by atoms with Gasteiger partial charge in [-0.3, -0.25) is 0 Å². The van der Waals surface area contributed by atoms with Crippen molar-refractivity contribution in [2.24, 2.45) is 0 Å². The predicted molar refractivity (Wildman–Crippen MR) is 127 cm³/mol. The second-order valence-electron chi connectivity index (χ2n) is 8.16. The van der Waals surface area contributed by atoms with Crippen LogP contribution in [0.4, 0.5) is 23.0 Å². The van der Waals surface area contributed by atoms with Gasteiger partial charge in [-0.2, -0.15) is 0 Å². The summed E-state index contributed by atoms with van der Waals surface area (Å²) in [4.78, 5) is 18.0. The number of rotatable bonds is 4. The first-order chi connectivity index (χ1) is 15.7. The summed E-state index contributed by atoms with van der Waals surface area (Å²) in [7, 11) is 0. The Morgan fingerprint density at radius 3 is 1.31 bits per heavy atom. The van der Waals surface area contributed by atoms with Gasteiger partial charge in [0, 0.05) is 58.4 Å². The van der Waals surface area contributed by atoms with Crippen LogP contribution in [0.5, 0.6) is 11.5 Å². The molecule has 0 atom stereocenters. The average molecular weight is 433 g/mol. The number of piperazine rings is 2. The van der Waals surface area contributed by atoms with E-state index in [1.54, 1.807) is 18.5 Å². The van der Waals surface area contributed by atoms with Crippen molar-refractivity contribution in [3.8, 4) is 11.5 Å². The van der Waals surface area contributed by atoms with Crippen molar-refractivity contribution < 1.29 is 10.2 Å². The molecule has 0 unspecified atom stereocenters. The molecule has 2 aliphatic rings. The summed E-state index contributed by atoms with van der Waals surface area (Å²) >= 11 is 0. The molecule has 166 valence electrons. The molecule has 3 aromatic rings. The number of hydrogen-bond donors (Lipinski definition) is 2. The maximum absolute atomic E-state index is 10.1. The van der Waals surface area contributed by atoms with E-state index in [4.69, 9.17) is 0 Å². The molecule has 32 heavy (non-hydrogen) atoms. The highest BCUT2D eigenvalue weighted by atomic mass is 16.3. The monoisotopic (exact) mass is 432 g/mol. The first-order valence-electron chi connectivity index (χ1n) is 11.1. The van der Waals surface area contributed by atoms with Crippen molar-refractivity contribution in [1.82, 2.24) is 9.97 Å². The van der Waals surface area contributed by atoms with Gasteiger partial charge in [0.1, 0.15) is 29.5 Å². The van der Waals surface area contributed by atoms with E-state index in [1.165, 1.54) is 0 Å². The number of hydrogen-bond acceptors (Lipinski definition) is 8. The van der Waals surface area contributed by atoms with Crippen LogP contribution in [-0.4, -0.2) is 72.5 Å². The molecule has 1 aromatic heterocycles. The summed E-state index contributed by atoms with van der Waals surface area (Å²) in [5, 5.41) is 20.3. The zero-order valence-electron chi connectivity index (χ0n) is 18.0. The molecular formula is C24H28N6O2. The highest BCUT2D eigenvalue weighted by Gasteiger charge is 2.23. The van der Waals surface area contributed by atoms with Crippen LogP contribution in [0.2, 0.25) is 0 Å². The molecule has 8 nitrogen and oxygen atoms in total. The summed E-state index contributed by atoms with van der Waals surface area (Å²) in [6.45, 7) is 6.67. The maximum atomic E-state index is 10.1. The van der Waals surface area contributed by atoms with Gasteiger partial charge in [0.2, 0.25) is 0 Å². The van der Waals surface area contributed by atoms with E-state index in [9.17, 15) is 10.2 Å². The van der Waals surface area contributed by atoms with Crippen molar-refractivity contribution in [3.63, 3.8) is 0 Å². The number of benzene rings is 2. The van der Waals surface area contributed by atoms with Crippen LogP contribution in [-0.2, 0) is 0 Å². The standard InChI is InChI=1S/C24H28N6O2/c31-21-7-3-1-5-19(21)27-9-13-29(14-10-27)23-17-24(26-18-25-23)30-15-11-28(12-16-30)20-6-2-4-8-22(20)32/h1-8,17-18,31-32H,9-16H2. The minimum absolute atomic E-state index is 0.327. The first kappa shape index (κ1) is 20.2. The van der Waals surface area contributed by atoms with E-state index >= 15 is 0 Å². The summed E-state index contributed by atoms with van der Waals surface area (Å²) in [5.74, 6) is 2.53. The second kappa shape index (κ2) is 8.82. The summed E-state index contributed by atoms with van der Waals surface area (Å²) < 4.78 is 0. The van der Waals surface area contributed by atoms with Gasteiger partial charge in [-0.25, -0.2) is 9.97 Å². The molecule has 8 heteroatoms. The first-order valence-corrected chi connectivity index (χ1v) is 11.1. The lowest BCUT2D eigenvalue weighted by atomic mass is 10.2. The van der Waals surface area contributed by atoms with Crippen LogP contribution in [0.1, 0.15) is 0 Å². The van der Waals surface area contributed by atoms with E-state index in [2.05, 4.69) is 35.6 Å². The van der Waals surface area contributed by atoms with Crippen LogP contribution in [0.3, 0.4) is 0 Å². The Kier molecular flexibility index (Phi) is 5.58. The number of nitrogens with zero attached hydrogens (tertiary/aromatic N) is 6. The van der Waals surface area contributed by atoms with E-state index in [0.29, 0.717) is 11.5 Å². The Hall–Kier alpha value is -3.68. The fourth-order valence-electron chi connectivity index (χ4n) is 4.50. The lowest BCUT2D eigenvalue weighted by Crippen LogP contribution is -2.48. The van der Waals surface area contributed by atoms with E-state index < -0.39 is 0 Å². The topological polar surface area (TPSA) is 79.2 Å². The molecule has 0 radical (unpaired) electrons. The summed E-state index contributed by atoms with van der Waals surface area (Å²) in [5.41, 5.74) is 1.77. The molecule has 2 fully saturated rings. The van der Waals surface area contributed by atoms with Crippen molar-refractivity contribution in [1.29, 1.82) is 0 Å².